The largest absolute Gasteiger partial charge is 0.383 e. The van der Waals surface area contributed by atoms with E-state index < -0.39 is 23.0 Å². The van der Waals surface area contributed by atoms with Gasteiger partial charge in [-0.05, 0) is 38.0 Å². The van der Waals surface area contributed by atoms with Crippen molar-refractivity contribution in [3.63, 3.8) is 0 Å². The maximum atomic E-state index is 13.7. The van der Waals surface area contributed by atoms with E-state index in [4.69, 9.17) is 5.73 Å². The maximum Gasteiger partial charge on any atom is 0.330 e. The van der Waals surface area contributed by atoms with E-state index in [0.717, 1.165) is 12.8 Å². The van der Waals surface area contributed by atoms with Gasteiger partial charge in [0.1, 0.15) is 17.3 Å². The number of likely N-dealkylation sites (N-methyl/N-ethyl adjacent to an activating group) is 1. The molecule has 1 heterocycles. The van der Waals surface area contributed by atoms with Crippen LogP contribution in [0.5, 0.6) is 0 Å². The molecule has 1 amide bonds. The van der Waals surface area contributed by atoms with E-state index in [2.05, 4.69) is 10.3 Å². The number of nitrogen functional groups attached to an aromatic ring is 1. The van der Waals surface area contributed by atoms with Gasteiger partial charge in [0.25, 0.3) is 5.56 Å². The lowest BCUT2D eigenvalue weighted by Crippen LogP contribution is -2.41. The first-order valence-electron chi connectivity index (χ1n) is 9.22. The van der Waals surface area contributed by atoms with Gasteiger partial charge in [-0.1, -0.05) is 19.4 Å². The van der Waals surface area contributed by atoms with Crippen molar-refractivity contribution >= 4 is 23.1 Å². The van der Waals surface area contributed by atoms with Crippen molar-refractivity contribution in [3.05, 3.63) is 50.4 Å². The molecule has 28 heavy (non-hydrogen) atoms. The molecule has 0 saturated carbocycles. The van der Waals surface area contributed by atoms with Crippen LogP contribution in [0.4, 0.5) is 21.6 Å². The topological polar surface area (TPSA) is 113 Å². The molecular weight excluding hydrogens is 365 g/mol. The van der Waals surface area contributed by atoms with E-state index >= 15 is 0 Å². The molecule has 9 heteroatoms. The smallest absolute Gasteiger partial charge is 0.330 e. The summed E-state index contributed by atoms with van der Waals surface area (Å²) in [5.74, 6) is -0.831. The molecule has 152 valence electrons. The number of anilines is 3. The molecule has 4 N–H and O–H groups in total. The Kier molecular flexibility index (Phi) is 6.97. The molecule has 1 aromatic carbocycles. The lowest BCUT2D eigenvalue weighted by Gasteiger charge is -2.24. The number of aromatic amines is 1. The van der Waals surface area contributed by atoms with Crippen molar-refractivity contribution < 1.29 is 9.18 Å². The van der Waals surface area contributed by atoms with Crippen LogP contribution in [0.1, 0.15) is 32.3 Å². The molecule has 0 spiro atoms. The summed E-state index contributed by atoms with van der Waals surface area (Å²) in [6.07, 6.45) is 1.58. The number of halogens is 1. The number of rotatable bonds is 8. The number of nitrogens with zero attached hydrogens (tertiary/aromatic N) is 2. The number of H-pyrrole nitrogens is 1. The Morgan fingerprint density at radius 3 is 2.64 bits per heavy atom. The fourth-order valence-corrected chi connectivity index (χ4v) is 2.81. The summed E-state index contributed by atoms with van der Waals surface area (Å²) in [7, 11) is 0. The fraction of sp³-hybridized carbons (Fsp3) is 0.421. The minimum Gasteiger partial charge on any atom is -0.383 e. The molecule has 1 aromatic heterocycles. The summed E-state index contributed by atoms with van der Waals surface area (Å²) < 4.78 is 15.0. The quantitative estimate of drug-likeness (QED) is 0.635. The number of hydrogen-bond donors (Lipinski definition) is 3. The average molecular weight is 391 g/mol. The number of unbranched alkanes of at least 4 members (excludes halogenated alkanes) is 1. The van der Waals surface area contributed by atoms with Crippen molar-refractivity contribution in [1.29, 1.82) is 0 Å². The normalized spacial score (nSPS) is 10.7. The highest BCUT2D eigenvalue weighted by atomic mass is 19.1. The minimum absolute atomic E-state index is 0.0261. The Labute approximate surface area is 162 Å². The van der Waals surface area contributed by atoms with Crippen LogP contribution in [0.15, 0.2) is 27.8 Å². The second-order valence-corrected chi connectivity index (χ2v) is 6.52. The van der Waals surface area contributed by atoms with Gasteiger partial charge >= 0.3 is 5.69 Å². The Hall–Kier alpha value is -3.10. The molecule has 0 saturated heterocycles. The monoisotopic (exact) mass is 391 g/mol. The number of amides is 1. The third kappa shape index (κ3) is 4.79. The third-order valence-corrected chi connectivity index (χ3v) is 4.44. The second kappa shape index (κ2) is 9.20. The minimum atomic E-state index is -0.647. The highest BCUT2D eigenvalue weighted by molar-refractivity contribution is 5.94. The molecule has 0 unspecified atom stereocenters. The van der Waals surface area contributed by atoms with Crippen molar-refractivity contribution in [2.45, 2.75) is 40.2 Å². The van der Waals surface area contributed by atoms with E-state index in [1.54, 1.807) is 26.0 Å². The SMILES string of the molecule is CCCCn1c(N)c(N(CC)CC(=O)Nc2ccc(C)c(F)c2)c(=O)[nH]c1=O. The molecule has 0 fully saturated rings. The highest BCUT2D eigenvalue weighted by Gasteiger charge is 2.20. The van der Waals surface area contributed by atoms with Gasteiger partial charge in [0.05, 0.1) is 6.54 Å². The standard InChI is InChI=1S/C19H26FN5O3/c1-4-6-9-25-17(21)16(18(27)23-19(25)28)24(5-2)11-15(26)22-13-8-7-12(3)14(20)10-13/h7-8,10H,4-6,9,11,21H2,1-3H3,(H,22,26)(H,23,27,28). The van der Waals surface area contributed by atoms with Gasteiger partial charge in [0.2, 0.25) is 5.91 Å². The molecule has 0 aliphatic carbocycles. The van der Waals surface area contributed by atoms with Crippen LogP contribution >= 0.6 is 0 Å². The molecule has 0 aliphatic heterocycles. The van der Waals surface area contributed by atoms with Crippen molar-refractivity contribution in [2.24, 2.45) is 0 Å². The number of aryl methyl sites for hydroxylation is 1. The first-order chi connectivity index (χ1) is 13.3. The van der Waals surface area contributed by atoms with Gasteiger partial charge in [0, 0.05) is 18.8 Å². The molecule has 0 radical (unpaired) electrons. The second-order valence-electron chi connectivity index (χ2n) is 6.52. The molecular formula is C19H26FN5O3. The molecule has 8 nitrogen and oxygen atoms in total. The van der Waals surface area contributed by atoms with Crippen molar-refractivity contribution in [3.8, 4) is 0 Å². The van der Waals surface area contributed by atoms with Crippen LogP contribution in [0.3, 0.4) is 0 Å². The van der Waals surface area contributed by atoms with Gasteiger partial charge in [-0.3, -0.25) is 19.1 Å². The number of nitrogens with one attached hydrogen (secondary N) is 2. The van der Waals surface area contributed by atoms with Crippen LogP contribution < -0.4 is 27.2 Å². The number of carbonyl (C=O) groups is 1. The number of aromatic nitrogens is 2. The summed E-state index contributed by atoms with van der Waals surface area (Å²) >= 11 is 0. The van der Waals surface area contributed by atoms with Crippen LogP contribution in [0.2, 0.25) is 0 Å². The Morgan fingerprint density at radius 1 is 1.32 bits per heavy atom. The molecule has 2 aromatic rings. The van der Waals surface area contributed by atoms with E-state index in [-0.39, 0.29) is 18.1 Å². The van der Waals surface area contributed by atoms with Gasteiger partial charge in [-0.25, -0.2) is 9.18 Å². The highest BCUT2D eigenvalue weighted by Crippen LogP contribution is 2.18. The Balaban J connectivity index is 2.27. The van der Waals surface area contributed by atoms with E-state index in [9.17, 15) is 18.8 Å². The summed E-state index contributed by atoms with van der Waals surface area (Å²) in [5, 5.41) is 2.60. The van der Waals surface area contributed by atoms with E-state index in [1.807, 2.05) is 6.92 Å². The third-order valence-electron chi connectivity index (χ3n) is 4.44. The zero-order chi connectivity index (χ0) is 20.8. The number of benzene rings is 1. The average Bonchev–Trinajstić information content (AvgIpc) is 2.63. The summed E-state index contributed by atoms with van der Waals surface area (Å²) in [6, 6.07) is 4.39. The van der Waals surface area contributed by atoms with Gasteiger partial charge in [-0.2, -0.15) is 0 Å². The van der Waals surface area contributed by atoms with Crippen LogP contribution in [-0.2, 0) is 11.3 Å². The van der Waals surface area contributed by atoms with Gasteiger partial charge in [0.15, 0.2) is 0 Å². The predicted octanol–water partition coefficient (Wildman–Crippen LogP) is 1.83. The van der Waals surface area contributed by atoms with Crippen LogP contribution in [0.25, 0.3) is 0 Å². The van der Waals surface area contributed by atoms with Crippen molar-refractivity contribution in [2.75, 3.05) is 29.0 Å². The number of hydrogen-bond acceptors (Lipinski definition) is 5. The summed E-state index contributed by atoms with van der Waals surface area (Å²) in [6.45, 7) is 5.88. The summed E-state index contributed by atoms with van der Waals surface area (Å²) in [4.78, 5) is 40.5. The predicted molar refractivity (Wildman–Crippen MR) is 108 cm³/mol. The van der Waals surface area contributed by atoms with E-state index in [0.29, 0.717) is 24.3 Å². The Bertz CT molecular complexity index is 967. The first kappa shape index (κ1) is 21.2. The molecule has 0 atom stereocenters. The van der Waals surface area contributed by atoms with E-state index in [1.165, 1.54) is 15.5 Å². The molecule has 0 aliphatic rings. The lowest BCUT2D eigenvalue weighted by molar-refractivity contribution is -0.115. The van der Waals surface area contributed by atoms with Gasteiger partial charge in [-0.15, -0.1) is 0 Å². The number of nitrogens with two attached hydrogens (primary N) is 1. The fourth-order valence-electron chi connectivity index (χ4n) is 2.81. The zero-order valence-electron chi connectivity index (χ0n) is 16.3. The van der Waals surface area contributed by atoms with Crippen LogP contribution in [-0.4, -0.2) is 28.5 Å². The molecule has 0 bridgehead atoms. The maximum absolute atomic E-state index is 13.7. The van der Waals surface area contributed by atoms with Crippen molar-refractivity contribution in [1.82, 2.24) is 9.55 Å². The van der Waals surface area contributed by atoms with Crippen LogP contribution in [0, 0.1) is 12.7 Å². The molecule has 2 rings (SSSR count). The number of carbonyl (C=O) groups excluding carboxylic acids is 1. The van der Waals surface area contributed by atoms with Gasteiger partial charge < -0.3 is 16.0 Å². The first-order valence-corrected chi connectivity index (χ1v) is 9.22. The summed E-state index contributed by atoms with van der Waals surface area (Å²) in [5.41, 5.74) is 5.73. The Morgan fingerprint density at radius 2 is 2.04 bits per heavy atom. The lowest BCUT2D eigenvalue weighted by atomic mass is 10.2. The zero-order valence-corrected chi connectivity index (χ0v) is 16.3.